The van der Waals surface area contributed by atoms with E-state index in [0.717, 1.165) is 11.5 Å². The van der Waals surface area contributed by atoms with Crippen molar-refractivity contribution in [3.8, 4) is 5.75 Å². The van der Waals surface area contributed by atoms with Crippen molar-refractivity contribution in [2.24, 2.45) is 5.84 Å². The Morgan fingerprint density at radius 1 is 1.48 bits per heavy atom. The topological polar surface area (TPSA) is 90.4 Å². The highest BCUT2D eigenvalue weighted by molar-refractivity contribution is 7.99. The van der Waals surface area contributed by atoms with Crippen molar-refractivity contribution in [2.45, 2.75) is 19.1 Å². The third kappa shape index (κ3) is 4.24. The Bertz CT molecular complexity index is 608. The fraction of sp³-hybridized carbons (Fsp3) is 0.286. The van der Waals surface area contributed by atoms with E-state index in [-0.39, 0.29) is 5.91 Å². The molecule has 1 aromatic heterocycles. The summed E-state index contributed by atoms with van der Waals surface area (Å²) < 4.78 is 11.1. The molecule has 0 fully saturated rings. The average Bonchev–Trinajstić information content (AvgIpc) is 2.82. The summed E-state index contributed by atoms with van der Waals surface area (Å²) in [6.07, 6.45) is 0. The number of hydrogen-bond acceptors (Lipinski definition) is 6. The van der Waals surface area contributed by atoms with Crippen LogP contribution in [0.2, 0.25) is 0 Å². The van der Waals surface area contributed by atoms with E-state index < -0.39 is 0 Å². The van der Waals surface area contributed by atoms with Crippen LogP contribution in [0.3, 0.4) is 0 Å². The summed E-state index contributed by atoms with van der Waals surface area (Å²) in [6, 6.07) is 6.85. The maximum atomic E-state index is 11.4. The largest absolute Gasteiger partial charge is 0.493 e. The third-order valence-corrected chi connectivity index (χ3v) is 3.61. The molecule has 0 atom stereocenters. The highest BCUT2D eigenvalue weighted by Gasteiger charge is 2.07. The zero-order chi connectivity index (χ0) is 15.2. The zero-order valence-electron chi connectivity index (χ0n) is 11.9. The normalized spacial score (nSPS) is 10.4. The summed E-state index contributed by atoms with van der Waals surface area (Å²) in [5, 5.41) is 0.643. The molecular formula is C14H17N3O3S. The van der Waals surface area contributed by atoms with Gasteiger partial charge in [-0.25, -0.2) is 10.8 Å². The van der Waals surface area contributed by atoms with E-state index in [2.05, 4.69) is 10.4 Å². The summed E-state index contributed by atoms with van der Waals surface area (Å²) in [5.74, 6) is 6.90. The summed E-state index contributed by atoms with van der Waals surface area (Å²) in [7, 11) is 0. The van der Waals surface area contributed by atoms with Crippen LogP contribution >= 0.6 is 11.8 Å². The van der Waals surface area contributed by atoms with Gasteiger partial charge >= 0.3 is 0 Å². The highest BCUT2D eigenvalue weighted by atomic mass is 32.2. The lowest BCUT2D eigenvalue weighted by molar-refractivity contribution is 0.0953. The van der Waals surface area contributed by atoms with Gasteiger partial charge in [-0.1, -0.05) is 17.8 Å². The smallest absolute Gasteiger partial charge is 0.265 e. The Morgan fingerprint density at radius 2 is 2.29 bits per heavy atom. The molecular weight excluding hydrogens is 290 g/mol. The Morgan fingerprint density at radius 3 is 2.95 bits per heavy atom. The molecule has 3 N–H and O–H groups in total. The number of hydrogen-bond donors (Lipinski definition) is 2. The molecule has 0 radical (unpaired) electrons. The van der Waals surface area contributed by atoms with Gasteiger partial charge in [0.25, 0.3) is 11.1 Å². The molecule has 112 valence electrons. The number of nitrogen functional groups attached to an aromatic ring is 1. The van der Waals surface area contributed by atoms with Gasteiger partial charge in [0.1, 0.15) is 11.5 Å². The van der Waals surface area contributed by atoms with Crippen LogP contribution in [0.1, 0.15) is 21.8 Å². The standard InChI is InChI=1S/C14H17N3O3S/c1-9-10(2)20-14(16-9)21-7-6-19-12-5-3-4-11(8-12)13(18)17-15/h3-5,8H,6-7,15H2,1-2H3,(H,17,18). The van der Waals surface area contributed by atoms with Gasteiger partial charge in [-0.15, -0.1) is 0 Å². The molecule has 1 heterocycles. The number of amides is 1. The second-order valence-corrected chi connectivity index (χ2v) is 5.37. The lowest BCUT2D eigenvalue weighted by atomic mass is 10.2. The molecule has 0 spiro atoms. The summed E-state index contributed by atoms with van der Waals surface area (Å²) >= 11 is 1.49. The number of carbonyl (C=O) groups is 1. The van der Waals surface area contributed by atoms with Crippen LogP contribution in [0.25, 0.3) is 0 Å². The number of ether oxygens (including phenoxy) is 1. The van der Waals surface area contributed by atoms with Crippen molar-refractivity contribution >= 4 is 17.7 Å². The van der Waals surface area contributed by atoms with Gasteiger partial charge in [-0.3, -0.25) is 10.2 Å². The lowest BCUT2D eigenvalue weighted by Gasteiger charge is -2.06. The first kappa shape index (κ1) is 15.4. The number of aryl methyl sites for hydroxylation is 2. The number of benzene rings is 1. The minimum absolute atomic E-state index is 0.347. The van der Waals surface area contributed by atoms with Gasteiger partial charge in [-0.05, 0) is 32.0 Å². The first-order valence-corrected chi connectivity index (χ1v) is 7.39. The number of rotatable bonds is 6. The number of nitrogens with two attached hydrogens (primary N) is 1. The fourth-order valence-electron chi connectivity index (χ4n) is 1.60. The minimum atomic E-state index is -0.347. The molecule has 2 aromatic rings. The summed E-state index contributed by atoms with van der Waals surface area (Å²) in [5.41, 5.74) is 3.45. The van der Waals surface area contributed by atoms with Crippen LogP contribution in [0.15, 0.2) is 33.9 Å². The van der Waals surface area contributed by atoms with E-state index in [0.29, 0.717) is 28.9 Å². The highest BCUT2D eigenvalue weighted by Crippen LogP contribution is 2.20. The Labute approximate surface area is 127 Å². The van der Waals surface area contributed by atoms with Gasteiger partial charge in [0, 0.05) is 11.3 Å². The van der Waals surface area contributed by atoms with Crippen LogP contribution in [0.4, 0.5) is 0 Å². The van der Waals surface area contributed by atoms with Gasteiger partial charge < -0.3 is 9.15 Å². The van der Waals surface area contributed by atoms with Crippen molar-refractivity contribution in [2.75, 3.05) is 12.4 Å². The molecule has 0 bridgehead atoms. The third-order valence-electron chi connectivity index (χ3n) is 2.81. The molecule has 2 rings (SSSR count). The van der Waals surface area contributed by atoms with Crippen LogP contribution in [-0.2, 0) is 0 Å². The molecule has 6 nitrogen and oxygen atoms in total. The van der Waals surface area contributed by atoms with Gasteiger partial charge in [-0.2, -0.15) is 0 Å². The predicted molar refractivity (Wildman–Crippen MR) is 80.3 cm³/mol. The fourth-order valence-corrected chi connectivity index (χ4v) is 2.33. The summed E-state index contributed by atoms with van der Waals surface area (Å²) in [4.78, 5) is 15.7. The maximum absolute atomic E-state index is 11.4. The van der Waals surface area contributed by atoms with Crippen LogP contribution in [0.5, 0.6) is 5.75 Å². The Hall–Kier alpha value is -1.99. The Balaban J connectivity index is 1.82. The Kier molecular flexibility index (Phi) is 5.24. The zero-order valence-corrected chi connectivity index (χ0v) is 12.7. The second-order valence-electron chi connectivity index (χ2n) is 4.32. The number of oxazole rings is 1. The molecule has 1 aromatic carbocycles. The first-order valence-electron chi connectivity index (χ1n) is 6.41. The van der Waals surface area contributed by atoms with Crippen molar-refractivity contribution in [1.82, 2.24) is 10.4 Å². The molecule has 7 heteroatoms. The van der Waals surface area contributed by atoms with Gasteiger partial charge in [0.15, 0.2) is 0 Å². The van der Waals surface area contributed by atoms with E-state index in [4.69, 9.17) is 15.0 Å². The molecule has 0 aliphatic carbocycles. The summed E-state index contributed by atoms with van der Waals surface area (Å²) in [6.45, 7) is 4.28. The second kappa shape index (κ2) is 7.14. The van der Waals surface area contributed by atoms with E-state index >= 15 is 0 Å². The van der Waals surface area contributed by atoms with Crippen molar-refractivity contribution in [1.29, 1.82) is 0 Å². The quantitative estimate of drug-likeness (QED) is 0.279. The molecule has 0 saturated heterocycles. The van der Waals surface area contributed by atoms with E-state index in [1.165, 1.54) is 11.8 Å². The maximum Gasteiger partial charge on any atom is 0.265 e. The SMILES string of the molecule is Cc1nc(SCCOc2cccc(C(=O)NN)c2)oc1C. The van der Waals surface area contributed by atoms with E-state index in [1.807, 2.05) is 13.8 Å². The number of hydrazine groups is 1. The van der Waals surface area contributed by atoms with Crippen molar-refractivity contribution in [3.63, 3.8) is 0 Å². The van der Waals surface area contributed by atoms with E-state index in [9.17, 15) is 4.79 Å². The van der Waals surface area contributed by atoms with Crippen LogP contribution in [0, 0.1) is 13.8 Å². The van der Waals surface area contributed by atoms with Gasteiger partial charge in [0.2, 0.25) is 0 Å². The number of aromatic nitrogens is 1. The molecule has 21 heavy (non-hydrogen) atoms. The number of nitrogens with zero attached hydrogens (tertiary/aromatic N) is 1. The van der Waals surface area contributed by atoms with Gasteiger partial charge in [0.05, 0.1) is 12.3 Å². The predicted octanol–water partition coefficient (Wildman–Crippen LogP) is 2.07. The van der Waals surface area contributed by atoms with Crippen molar-refractivity contribution in [3.05, 3.63) is 41.3 Å². The van der Waals surface area contributed by atoms with Crippen molar-refractivity contribution < 1.29 is 13.9 Å². The average molecular weight is 307 g/mol. The lowest BCUT2D eigenvalue weighted by Crippen LogP contribution is -2.29. The minimum Gasteiger partial charge on any atom is -0.493 e. The molecule has 0 unspecified atom stereocenters. The van der Waals surface area contributed by atoms with E-state index in [1.54, 1.807) is 24.3 Å². The monoisotopic (exact) mass is 307 g/mol. The number of thioether (sulfide) groups is 1. The molecule has 0 saturated carbocycles. The number of nitrogens with one attached hydrogen (secondary N) is 1. The first-order chi connectivity index (χ1) is 10.1. The number of carbonyl (C=O) groups excluding carboxylic acids is 1. The van der Waals surface area contributed by atoms with Crippen LogP contribution in [-0.4, -0.2) is 23.3 Å². The molecule has 0 aliphatic heterocycles. The molecule has 0 aliphatic rings. The van der Waals surface area contributed by atoms with Crippen LogP contribution < -0.4 is 16.0 Å². The molecule has 1 amide bonds.